The molecule has 0 radical (unpaired) electrons. The molecule has 1 N–H and O–H groups in total. The fourth-order valence-electron chi connectivity index (χ4n) is 3.10. The van der Waals surface area contributed by atoms with Crippen LogP contribution in [0.25, 0.3) is 0 Å². The van der Waals surface area contributed by atoms with Crippen LogP contribution in [0.2, 0.25) is 0 Å². The first-order valence-corrected chi connectivity index (χ1v) is 6.52. The first kappa shape index (κ1) is 12.6. The Morgan fingerprint density at radius 1 is 1.18 bits per heavy atom. The van der Waals surface area contributed by atoms with E-state index in [1.54, 1.807) is 0 Å². The van der Waals surface area contributed by atoms with Gasteiger partial charge in [0.1, 0.15) is 0 Å². The molecular weight excluding hydrogens is 208 g/mol. The number of nitrogens with one attached hydrogen (secondary N) is 1. The lowest BCUT2D eigenvalue weighted by Gasteiger charge is -2.42. The predicted octanol–water partition coefficient (Wildman–Crippen LogP) is 2.44. The number of likely N-dealkylation sites (N-methyl/N-ethyl adjacent to an activating group) is 2. The van der Waals surface area contributed by atoms with E-state index in [1.165, 1.54) is 36.1 Å². The SMILES string of the molecule is CNC1(c2cc(C)cc(C)c2)CCCN(C)C1. The van der Waals surface area contributed by atoms with Crippen molar-refractivity contribution in [3.05, 3.63) is 34.9 Å². The van der Waals surface area contributed by atoms with Crippen LogP contribution in [0.3, 0.4) is 0 Å². The molecule has 1 aliphatic heterocycles. The summed E-state index contributed by atoms with van der Waals surface area (Å²) in [4.78, 5) is 2.43. The Labute approximate surface area is 105 Å². The number of likely N-dealkylation sites (tertiary alicyclic amines) is 1. The van der Waals surface area contributed by atoms with Crippen LogP contribution in [-0.4, -0.2) is 32.1 Å². The van der Waals surface area contributed by atoms with E-state index in [1.807, 2.05) is 0 Å². The summed E-state index contributed by atoms with van der Waals surface area (Å²) < 4.78 is 0. The third-order valence-electron chi connectivity index (χ3n) is 3.94. The van der Waals surface area contributed by atoms with Gasteiger partial charge in [-0.25, -0.2) is 0 Å². The molecule has 94 valence electrons. The predicted molar refractivity (Wildman–Crippen MR) is 73.4 cm³/mol. The van der Waals surface area contributed by atoms with Crippen LogP contribution >= 0.6 is 0 Å². The van der Waals surface area contributed by atoms with Crippen LogP contribution in [0.5, 0.6) is 0 Å². The Morgan fingerprint density at radius 2 is 1.82 bits per heavy atom. The van der Waals surface area contributed by atoms with Gasteiger partial charge >= 0.3 is 0 Å². The molecule has 2 rings (SSSR count). The fourth-order valence-corrected chi connectivity index (χ4v) is 3.10. The highest BCUT2D eigenvalue weighted by molar-refractivity contribution is 5.34. The lowest BCUT2D eigenvalue weighted by molar-refractivity contribution is 0.152. The highest BCUT2D eigenvalue weighted by Gasteiger charge is 2.34. The lowest BCUT2D eigenvalue weighted by atomic mass is 9.81. The average Bonchev–Trinajstić information content (AvgIpc) is 2.27. The van der Waals surface area contributed by atoms with Gasteiger partial charge in [0.15, 0.2) is 0 Å². The molecule has 0 bridgehead atoms. The third kappa shape index (κ3) is 2.53. The maximum atomic E-state index is 3.58. The molecule has 0 saturated carbocycles. The molecule has 0 spiro atoms. The molecule has 1 saturated heterocycles. The van der Waals surface area contributed by atoms with Crippen molar-refractivity contribution >= 4 is 0 Å². The highest BCUT2D eigenvalue weighted by Crippen LogP contribution is 2.31. The van der Waals surface area contributed by atoms with Gasteiger partial charge in [0.05, 0.1) is 5.54 Å². The quantitative estimate of drug-likeness (QED) is 0.842. The molecule has 1 heterocycles. The third-order valence-corrected chi connectivity index (χ3v) is 3.94. The number of piperidine rings is 1. The van der Waals surface area contributed by atoms with E-state index in [0.29, 0.717) is 0 Å². The molecule has 1 atom stereocenters. The monoisotopic (exact) mass is 232 g/mol. The number of benzene rings is 1. The maximum absolute atomic E-state index is 3.58. The van der Waals surface area contributed by atoms with Crippen LogP contribution < -0.4 is 5.32 Å². The van der Waals surface area contributed by atoms with Crippen molar-refractivity contribution in [1.82, 2.24) is 10.2 Å². The molecule has 0 aliphatic carbocycles. The number of hydrogen-bond acceptors (Lipinski definition) is 2. The minimum absolute atomic E-state index is 0.143. The summed E-state index contributed by atoms with van der Waals surface area (Å²) in [5.74, 6) is 0. The second-order valence-corrected chi connectivity index (χ2v) is 5.55. The summed E-state index contributed by atoms with van der Waals surface area (Å²) in [7, 11) is 4.31. The van der Waals surface area contributed by atoms with E-state index in [-0.39, 0.29) is 5.54 Å². The van der Waals surface area contributed by atoms with Gasteiger partial charge in [-0.1, -0.05) is 29.3 Å². The van der Waals surface area contributed by atoms with Gasteiger partial charge in [0.2, 0.25) is 0 Å². The lowest BCUT2D eigenvalue weighted by Crippen LogP contribution is -2.52. The number of rotatable bonds is 2. The summed E-state index contributed by atoms with van der Waals surface area (Å²) in [6.07, 6.45) is 2.50. The van der Waals surface area contributed by atoms with Crippen LogP contribution in [0.1, 0.15) is 29.5 Å². The molecule has 17 heavy (non-hydrogen) atoms. The van der Waals surface area contributed by atoms with Gasteiger partial charge in [-0.15, -0.1) is 0 Å². The number of hydrogen-bond donors (Lipinski definition) is 1. The average molecular weight is 232 g/mol. The van der Waals surface area contributed by atoms with Gasteiger partial charge in [0.25, 0.3) is 0 Å². The highest BCUT2D eigenvalue weighted by atomic mass is 15.2. The molecule has 0 aromatic heterocycles. The first-order valence-electron chi connectivity index (χ1n) is 6.52. The van der Waals surface area contributed by atoms with Gasteiger partial charge in [-0.05, 0) is 52.9 Å². The summed E-state index contributed by atoms with van der Waals surface area (Å²) in [6, 6.07) is 6.92. The molecule has 1 aromatic carbocycles. The Balaban J connectivity index is 2.39. The van der Waals surface area contributed by atoms with Crippen LogP contribution in [-0.2, 0) is 5.54 Å². The summed E-state index contributed by atoms with van der Waals surface area (Å²) in [5.41, 5.74) is 4.32. The van der Waals surface area contributed by atoms with Crippen LogP contribution in [0, 0.1) is 13.8 Å². The Hall–Kier alpha value is -0.860. The van der Waals surface area contributed by atoms with Crippen molar-refractivity contribution in [2.45, 2.75) is 32.2 Å². The molecule has 1 aromatic rings. The van der Waals surface area contributed by atoms with Crippen LogP contribution in [0.15, 0.2) is 18.2 Å². The van der Waals surface area contributed by atoms with Crippen molar-refractivity contribution in [3.8, 4) is 0 Å². The zero-order valence-electron chi connectivity index (χ0n) is 11.5. The van der Waals surface area contributed by atoms with Crippen molar-refractivity contribution in [2.24, 2.45) is 0 Å². The second kappa shape index (κ2) is 4.79. The minimum atomic E-state index is 0.143. The largest absolute Gasteiger partial charge is 0.309 e. The number of aryl methyl sites for hydroxylation is 2. The molecular formula is C15H24N2. The van der Waals surface area contributed by atoms with E-state index >= 15 is 0 Å². The van der Waals surface area contributed by atoms with Gasteiger partial charge in [-0.3, -0.25) is 0 Å². The van der Waals surface area contributed by atoms with Crippen molar-refractivity contribution in [3.63, 3.8) is 0 Å². The molecule has 2 nitrogen and oxygen atoms in total. The van der Waals surface area contributed by atoms with E-state index in [4.69, 9.17) is 0 Å². The summed E-state index contributed by atoms with van der Waals surface area (Å²) >= 11 is 0. The summed E-state index contributed by atoms with van der Waals surface area (Å²) in [6.45, 7) is 6.69. The Kier molecular flexibility index (Phi) is 3.55. The van der Waals surface area contributed by atoms with E-state index in [2.05, 4.69) is 56.4 Å². The Morgan fingerprint density at radius 3 is 2.35 bits per heavy atom. The van der Waals surface area contributed by atoms with Gasteiger partial charge in [0, 0.05) is 6.54 Å². The van der Waals surface area contributed by atoms with Crippen molar-refractivity contribution in [1.29, 1.82) is 0 Å². The normalized spacial score (nSPS) is 26.1. The topological polar surface area (TPSA) is 15.3 Å². The standard InChI is InChI=1S/C15H24N2/c1-12-8-13(2)10-14(9-12)15(16-3)6-5-7-17(4)11-15/h8-10,16H,5-7,11H2,1-4H3. The van der Waals surface area contributed by atoms with Crippen molar-refractivity contribution in [2.75, 3.05) is 27.2 Å². The van der Waals surface area contributed by atoms with E-state index < -0.39 is 0 Å². The van der Waals surface area contributed by atoms with Crippen molar-refractivity contribution < 1.29 is 0 Å². The van der Waals surface area contributed by atoms with E-state index in [0.717, 1.165) is 6.54 Å². The zero-order valence-corrected chi connectivity index (χ0v) is 11.5. The van der Waals surface area contributed by atoms with Crippen LogP contribution in [0.4, 0.5) is 0 Å². The Bertz CT molecular complexity index is 380. The summed E-state index contributed by atoms with van der Waals surface area (Å²) in [5, 5.41) is 3.58. The molecule has 1 aliphatic rings. The van der Waals surface area contributed by atoms with E-state index in [9.17, 15) is 0 Å². The van der Waals surface area contributed by atoms with Gasteiger partial charge in [-0.2, -0.15) is 0 Å². The smallest absolute Gasteiger partial charge is 0.0561 e. The first-order chi connectivity index (χ1) is 8.05. The molecule has 0 amide bonds. The molecule has 1 fully saturated rings. The zero-order chi connectivity index (χ0) is 12.5. The second-order valence-electron chi connectivity index (χ2n) is 5.55. The minimum Gasteiger partial charge on any atom is -0.309 e. The van der Waals surface area contributed by atoms with Gasteiger partial charge < -0.3 is 10.2 Å². The fraction of sp³-hybridized carbons (Fsp3) is 0.600. The maximum Gasteiger partial charge on any atom is 0.0561 e. The number of nitrogens with zero attached hydrogens (tertiary/aromatic N) is 1. The molecule has 2 heteroatoms. The molecule has 1 unspecified atom stereocenters.